The number of nitrogens with zero attached hydrogens (tertiary/aromatic N) is 4. The lowest BCUT2D eigenvalue weighted by molar-refractivity contribution is 0.0962. The van der Waals surface area contributed by atoms with E-state index >= 15 is 0 Å². The highest BCUT2D eigenvalue weighted by atomic mass is 32.1. The lowest BCUT2D eigenvalue weighted by atomic mass is 10.2. The molecule has 2 aromatic heterocycles. The first-order valence-corrected chi connectivity index (χ1v) is 11.2. The Morgan fingerprint density at radius 2 is 2.03 bits per heavy atom. The molecule has 0 atom stereocenters. The van der Waals surface area contributed by atoms with E-state index in [-0.39, 0.29) is 11.7 Å². The number of rotatable bonds is 8. The Morgan fingerprint density at radius 3 is 2.84 bits per heavy atom. The van der Waals surface area contributed by atoms with Gasteiger partial charge >= 0.3 is 0 Å². The molecule has 1 aliphatic heterocycles. The zero-order chi connectivity index (χ0) is 21.6. The van der Waals surface area contributed by atoms with E-state index in [2.05, 4.69) is 24.5 Å². The number of nitrogens with one attached hydrogen (secondary N) is 1. The third-order valence-electron chi connectivity index (χ3n) is 5.43. The Kier molecular flexibility index (Phi) is 6.93. The summed E-state index contributed by atoms with van der Waals surface area (Å²) < 4.78 is 24.6. The van der Waals surface area contributed by atoms with E-state index in [1.807, 2.05) is 6.07 Å². The normalized spacial score (nSPS) is 14.7. The largest absolute Gasteiger partial charge is 0.492 e. The number of carbonyl (C=O) groups is 1. The number of halogens is 1. The summed E-state index contributed by atoms with van der Waals surface area (Å²) in [6, 6.07) is 6.60. The minimum atomic E-state index is -0.216. The van der Waals surface area contributed by atoms with Crippen molar-refractivity contribution in [1.82, 2.24) is 19.6 Å². The molecule has 1 amide bonds. The molecule has 0 unspecified atom stereocenters. The lowest BCUT2D eigenvalue weighted by Crippen LogP contribution is -2.46. The second-order valence-electron chi connectivity index (χ2n) is 7.52. The van der Waals surface area contributed by atoms with E-state index in [9.17, 15) is 9.18 Å². The van der Waals surface area contributed by atoms with Crippen LogP contribution < -0.4 is 15.0 Å². The number of fused-ring (bicyclic) bond motifs is 1. The van der Waals surface area contributed by atoms with Crippen molar-refractivity contribution in [2.45, 2.75) is 12.8 Å². The van der Waals surface area contributed by atoms with Crippen LogP contribution in [-0.2, 0) is 0 Å². The van der Waals surface area contributed by atoms with Crippen molar-refractivity contribution in [3.63, 3.8) is 0 Å². The van der Waals surface area contributed by atoms with Crippen molar-refractivity contribution in [3.05, 3.63) is 48.0 Å². The number of amides is 1. The zero-order valence-corrected chi connectivity index (χ0v) is 18.3. The maximum absolute atomic E-state index is 13.4. The maximum atomic E-state index is 13.4. The van der Waals surface area contributed by atoms with Gasteiger partial charge in [0, 0.05) is 44.8 Å². The summed E-state index contributed by atoms with van der Waals surface area (Å²) in [6.07, 6.45) is 5.13. The Morgan fingerprint density at radius 1 is 1.19 bits per heavy atom. The summed E-state index contributed by atoms with van der Waals surface area (Å²) in [5.41, 5.74) is 0.496. The first-order chi connectivity index (χ1) is 15.1. The Balaban J connectivity index is 1.18. The Labute approximate surface area is 185 Å². The van der Waals surface area contributed by atoms with Crippen molar-refractivity contribution >= 4 is 33.3 Å². The molecular weight excluding hydrogens is 417 g/mol. The summed E-state index contributed by atoms with van der Waals surface area (Å²) >= 11 is 1.36. The first kappa shape index (κ1) is 21.5. The number of benzene rings is 1. The van der Waals surface area contributed by atoms with Crippen LogP contribution in [0.15, 0.2) is 36.7 Å². The SMILES string of the molecule is CNC(=O)c1cncc(OCCCCN2CCN(c3nsc4cc(F)ccc34)CC2)c1. The maximum Gasteiger partial charge on any atom is 0.252 e. The molecule has 9 heteroatoms. The molecule has 3 heterocycles. The zero-order valence-electron chi connectivity index (χ0n) is 17.5. The topological polar surface area (TPSA) is 70.6 Å². The minimum absolute atomic E-state index is 0.171. The van der Waals surface area contributed by atoms with Gasteiger partial charge in [-0.15, -0.1) is 0 Å². The second-order valence-corrected chi connectivity index (χ2v) is 8.32. The first-order valence-electron chi connectivity index (χ1n) is 10.5. The Hall–Kier alpha value is -2.78. The fraction of sp³-hybridized carbons (Fsp3) is 0.409. The van der Waals surface area contributed by atoms with Crippen LogP contribution in [0, 0.1) is 5.82 Å². The van der Waals surface area contributed by atoms with Gasteiger partial charge < -0.3 is 15.0 Å². The molecule has 0 radical (unpaired) electrons. The minimum Gasteiger partial charge on any atom is -0.492 e. The van der Waals surface area contributed by atoms with Crippen LogP contribution in [0.2, 0.25) is 0 Å². The van der Waals surface area contributed by atoms with Crippen LogP contribution >= 0.6 is 11.5 Å². The average molecular weight is 444 g/mol. The summed E-state index contributed by atoms with van der Waals surface area (Å²) in [5.74, 6) is 1.20. The van der Waals surface area contributed by atoms with E-state index in [0.29, 0.717) is 17.9 Å². The number of unbranched alkanes of at least 4 members (excludes halogenated alkanes) is 1. The van der Waals surface area contributed by atoms with Crippen molar-refractivity contribution < 1.29 is 13.9 Å². The quantitative estimate of drug-likeness (QED) is 0.540. The number of ether oxygens (including phenoxy) is 1. The molecule has 7 nitrogen and oxygen atoms in total. The summed E-state index contributed by atoms with van der Waals surface area (Å²) in [4.78, 5) is 20.5. The number of pyridine rings is 1. The number of aromatic nitrogens is 2. The standard InChI is InChI=1S/C22H26FN5O2S/c1-24-22(29)16-12-18(15-25-14-16)30-11-3-2-6-27-7-9-28(10-8-27)21-19-5-4-17(23)13-20(19)31-26-21/h4-5,12-15H,2-3,6-11H2,1H3,(H,24,29). The van der Waals surface area contributed by atoms with Gasteiger partial charge in [0.2, 0.25) is 0 Å². The van der Waals surface area contributed by atoms with Crippen LogP contribution in [-0.4, -0.2) is 66.5 Å². The summed E-state index contributed by atoms with van der Waals surface area (Å²) in [5, 5.41) is 3.62. The number of anilines is 1. The van der Waals surface area contributed by atoms with Gasteiger partial charge in [-0.2, -0.15) is 4.37 Å². The van der Waals surface area contributed by atoms with Gasteiger partial charge in [0.25, 0.3) is 5.91 Å². The average Bonchev–Trinajstić information content (AvgIpc) is 3.22. The predicted octanol–water partition coefficient (Wildman–Crippen LogP) is 3.17. The molecule has 1 aromatic carbocycles. The summed E-state index contributed by atoms with van der Waals surface area (Å²) in [7, 11) is 1.59. The van der Waals surface area contributed by atoms with E-state index in [4.69, 9.17) is 4.74 Å². The Bertz CT molecular complexity index is 1040. The highest BCUT2D eigenvalue weighted by molar-refractivity contribution is 7.13. The van der Waals surface area contributed by atoms with E-state index in [0.717, 1.165) is 61.5 Å². The lowest BCUT2D eigenvalue weighted by Gasteiger charge is -2.35. The fourth-order valence-electron chi connectivity index (χ4n) is 3.70. The van der Waals surface area contributed by atoms with Crippen LogP contribution in [0.4, 0.5) is 10.2 Å². The number of carbonyl (C=O) groups excluding carboxylic acids is 1. The molecule has 3 aromatic rings. The van der Waals surface area contributed by atoms with Crippen molar-refractivity contribution in [1.29, 1.82) is 0 Å². The van der Waals surface area contributed by atoms with E-state index in [1.165, 1.54) is 23.8 Å². The second kappa shape index (κ2) is 10.0. The van der Waals surface area contributed by atoms with E-state index < -0.39 is 0 Å². The van der Waals surface area contributed by atoms with Gasteiger partial charge in [-0.3, -0.25) is 14.7 Å². The van der Waals surface area contributed by atoms with Crippen LogP contribution in [0.1, 0.15) is 23.2 Å². The fourth-order valence-corrected chi connectivity index (χ4v) is 4.52. The molecule has 1 saturated heterocycles. The summed E-state index contributed by atoms with van der Waals surface area (Å²) in [6.45, 7) is 5.44. The predicted molar refractivity (Wildman–Crippen MR) is 121 cm³/mol. The van der Waals surface area contributed by atoms with Crippen LogP contribution in [0.25, 0.3) is 10.1 Å². The van der Waals surface area contributed by atoms with Gasteiger partial charge in [-0.1, -0.05) is 0 Å². The van der Waals surface area contributed by atoms with Crippen molar-refractivity contribution in [3.8, 4) is 5.75 Å². The number of piperazine rings is 1. The third-order valence-corrected chi connectivity index (χ3v) is 6.23. The molecule has 0 aliphatic carbocycles. The molecule has 1 fully saturated rings. The van der Waals surface area contributed by atoms with E-state index in [1.54, 1.807) is 25.4 Å². The third kappa shape index (κ3) is 5.29. The molecule has 4 rings (SSSR count). The molecular formula is C22H26FN5O2S. The molecule has 0 spiro atoms. The van der Waals surface area contributed by atoms with Crippen LogP contribution in [0.5, 0.6) is 5.75 Å². The molecule has 31 heavy (non-hydrogen) atoms. The molecule has 0 saturated carbocycles. The monoisotopic (exact) mass is 443 g/mol. The molecule has 1 N–H and O–H groups in total. The highest BCUT2D eigenvalue weighted by Crippen LogP contribution is 2.30. The molecule has 1 aliphatic rings. The van der Waals surface area contributed by atoms with Crippen LogP contribution in [0.3, 0.4) is 0 Å². The number of hydrogen-bond donors (Lipinski definition) is 1. The smallest absolute Gasteiger partial charge is 0.252 e. The van der Waals surface area contributed by atoms with Gasteiger partial charge in [0.05, 0.1) is 23.1 Å². The molecule has 164 valence electrons. The van der Waals surface area contributed by atoms with Crippen molar-refractivity contribution in [2.75, 3.05) is 51.3 Å². The highest BCUT2D eigenvalue weighted by Gasteiger charge is 2.20. The van der Waals surface area contributed by atoms with Gasteiger partial charge in [-0.05, 0) is 55.2 Å². The van der Waals surface area contributed by atoms with Gasteiger partial charge in [0.15, 0.2) is 0 Å². The number of hydrogen-bond acceptors (Lipinski definition) is 7. The van der Waals surface area contributed by atoms with Gasteiger partial charge in [0.1, 0.15) is 17.4 Å². The van der Waals surface area contributed by atoms with Gasteiger partial charge in [-0.25, -0.2) is 4.39 Å². The molecule has 0 bridgehead atoms. The van der Waals surface area contributed by atoms with Crippen molar-refractivity contribution in [2.24, 2.45) is 0 Å².